The molecule has 1 aliphatic heterocycles. The van der Waals surface area contributed by atoms with Crippen LogP contribution in [0.4, 0.5) is 0 Å². The molecule has 3 atom stereocenters. The number of ether oxygens (including phenoxy) is 1. The van der Waals surface area contributed by atoms with Gasteiger partial charge in [0, 0.05) is 17.8 Å². The standard InChI is InChI=1S/C19H27ClN4O4S/c1-13(2)18-11-24(23-21-18)10-9-15-5-8-17(19(12-25)28-15)22-29(26,27)16-6-3-14(20)4-7-16/h3-4,6-7,11,13,15,17,19,22,25H,5,8-10,12H2,1-2H3/t15-,17+,19+/m1/s1. The number of hydrogen-bond acceptors (Lipinski definition) is 6. The molecule has 1 aliphatic rings. The van der Waals surface area contributed by atoms with Gasteiger partial charge in [0.1, 0.15) is 0 Å². The first kappa shape index (κ1) is 22.2. The molecule has 2 N–H and O–H groups in total. The van der Waals surface area contributed by atoms with Gasteiger partial charge < -0.3 is 9.84 Å². The van der Waals surface area contributed by atoms with Crippen LogP contribution in [-0.2, 0) is 21.3 Å². The van der Waals surface area contributed by atoms with E-state index in [1.165, 1.54) is 24.3 Å². The molecule has 0 saturated carbocycles. The summed E-state index contributed by atoms with van der Waals surface area (Å²) in [4.78, 5) is 0.132. The topological polar surface area (TPSA) is 106 Å². The van der Waals surface area contributed by atoms with Crippen LogP contribution in [-0.4, -0.2) is 53.4 Å². The second-order valence-corrected chi connectivity index (χ2v) is 9.74. The number of aliphatic hydroxyl groups is 1. The monoisotopic (exact) mass is 442 g/mol. The van der Waals surface area contributed by atoms with Gasteiger partial charge in [-0.25, -0.2) is 13.1 Å². The lowest BCUT2D eigenvalue weighted by Gasteiger charge is -2.36. The average Bonchev–Trinajstić information content (AvgIpc) is 3.17. The van der Waals surface area contributed by atoms with Crippen molar-refractivity contribution in [3.63, 3.8) is 0 Å². The van der Waals surface area contributed by atoms with Gasteiger partial charge in [-0.3, -0.25) is 4.68 Å². The van der Waals surface area contributed by atoms with E-state index in [-0.39, 0.29) is 17.6 Å². The summed E-state index contributed by atoms with van der Waals surface area (Å²) in [5.74, 6) is 0.322. The number of aliphatic hydroxyl groups excluding tert-OH is 1. The summed E-state index contributed by atoms with van der Waals surface area (Å²) in [6.07, 6.45) is 3.24. The Kier molecular flexibility index (Phi) is 7.28. The summed E-state index contributed by atoms with van der Waals surface area (Å²) in [5.41, 5.74) is 0.944. The van der Waals surface area contributed by atoms with Crippen molar-refractivity contribution in [3.05, 3.63) is 41.2 Å². The molecule has 1 aromatic heterocycles. The predicted octanol–water partition coefficient (Wildman–Crippen LogP) is 2.33. The third-order valence-corrected chi connectivity index (χ3v) is 6.81. The van der Waals surface area contributed by atoms with E-state index in [0.29, 0.717) is 36.7 Å². The molecule has 29 heavy (non-hydrogen) atoms. The number of nitrogens with one attached hydrogen (secondary N) is 1. The molecule has 0 amide bonds. The van der Waals surface area contributed by atoms with Gasteiger partial charge in [0.15, 0.2) is 0 Å². The molecule has 1 fully saturated rings. The Morgan fingerprint density at radius 3 is 2.66 bits per heavy atom. The van der Waals surface area contributed by atoms with Gasteiger partial charge in [-0.15, -0.1) is 5.10 Å². The highest BCUT2D eigenvalue weighted by atomic mass is 35.5. The van der Waals surface area contributed by atoms with Crippen LogP contribution in [0.25, 0.3) is 0 Å². The van der Waals surface area contributed by atoms with Crippen molar-refractivity contribution in [1.29, 1.82) is 0 Å². The molecule has 1 saturated heterocycles. The normalized spacial score (nSPS) is 22.9. The number of halogens is 1. The summed E-state index contributed by atoms with van der Waals surface area (Å²) >= 11 is 5.83. The molecule has 3 rings (SSSR count). The van der Waals surface area contributed by atoms with E-state index in [1.54, 1.807) is 4.68 Å². The fourth-order valence-corrected chi connectivity index (χ4v) is 4.75. The van der Waals surface area contributed by atoms with E-state index in [9.17, 15) is 13.5 Å². The predicted molar refractivity (Wildman–Crippen MR) is 109 cm³/mol. The zero-order valence-electron chi connectivity index (χ0n) is 16.5. The van der Waals surface area contributed by atoms with Crippen LogP contribution in [0.3, 0.4) is 0 Å². The number of nitrogens with zero attached hydrogens (tertiary/aromatic N) is 3. The Morgan fingerprint density at radius 1 is 1.31 bits per heavy atom. The zero-order valence-corrected chi connectivity index (χ0v) is 18.1. The smallest absolute Gasteiger partial charge is 0.240 e. The Labute approximate surface area is 176 Å². The fourth-order valence-electron chi connectivity index (χ4n) is 3.32. The van der Waals surface area contributed by atoms with Crippen molar-refractivity contribution in [3.8, 4) is 0 Å². The first-order chi connectivity index (χ1) is 13.8. The minimum Gasteiger partial charge on any atom is -0.394 e. The van der Waals surface area contributed by atoms with Crippen LogP contribution in [0, 0.1) is 0 Å². The molecule has 2 heterocycles. The molecule has 8 nitrogen and oxygen atoms in total. The van der Waals surface area contributed by atoms with Crippen molar-refractivity contribution in [2.45, 2.75) is 68.7 Å². The second-order valence-electron chi connectivity index (χ2n) is 7.59. The van der Waals surface area contributed by atoms with E-state index in [2.05, 4.69) is 28.9 Å². The molecule has 0 radical (unpaired) electrons. The van der Waals surface area contributed by atoms with E-state index in [1.807, 2.05) is 6.20 Å². The quantitative estimate of drug-likeness (QED) is 0.649. The highest BCUT2D eigenvalue weighted by molar-refractivity contribution is 7.89. The number of hydrogen-bond donors (Lipinski definition) is 2. The lowest BCUT2D eigenvalue weighted by molar-refractivity contribution is -0.0891. The van der Waals surface area contributed by atoms with E-state index < -0.39 is 22.2 Å². The van der Waals surface area contributed by atoms with Crippen LogP contribution in [0.1, 0.15) is 44.7 Å². The van der Waals surface area contributed by atoms with Crippen molar-refractivity contribution in [1.82, 2.24) is 19.7 Å². The number of benzene rings is 1. The Morgan fingerprint density at radius 2 is 2.03 bits per heavy atom. The summed E-state index contributed by atoms with van der Waals surface area (Å²) in [6.45, 7) is 4.53. The van der Waals surface area contributed by atoms with Crippen molar-refractivity contribution in [2.24, 2.45) is 0 Å². The molecule has 0 aliphatic carbocycles. The van der Waals surface area contributed by atoms with Crippen LogP contribution >= 0.6 is 11.6 Å². The van der Waals surface area contributed by atoms with Crippen LogP contribution < -0.4 is 4.72 Å². The van der Waals surface area contributed by atoms with Crippen LogP contribution in [0.15, 0.2) is 35.4 Å². The summed E-state index contributed by atoms with van der Waals surface area (Å²) in [6, 6.07) is 5.48. The number of rotatable bonds is 8. The Bertz CT molecular complexity index is 901. The third kappa shape index (κ3) is 5.76. The maximum Gasteiger partial charge on any atom is 0.240 e. The molecule has 0 spiro atoms. The van der Waals surface area contributed by atoms with Gasteiger partial charge in [0.2, 0.25) is 10.0 Å². The lowest BCUT2D eigenvalue weighted by Crippen LogP contribution is -2.50. The maximum atomic E-state index is 12.6. The second kappa shape index (κ2) is 9.53. The summed E-state index contributed by atoms with van der Waals surface area (Å²) < 4.78 is 35.6. The molecular formula is C19H27ClN4O4S. The number of sulfonamides is 1. The summed E-state index contributed by atoms with van der Waals surface area (Å²) in [5, 5.41) is 18.5. The van der Waals surface area contributed by atoms with Gasteiger partial charge in [-0.1, -0.05) is 30.7 Å². The minimum atomic E-state index is -3.72. The first-order valence-corrected chi connectivity index (χ1v) is 11.6. The van der Waals surface area contributed by atoms with E-state index in [0.717, 1.165) is 5.69 Å². The molecule has 0 unspecified atom stereocenters. The minimum absolute atomic E-state index is 0.0739. The molecule has 1 aromatic carbocycles. The van der Waals surface area contributed by atoms with Gasteiger partial charge >= 0.3 is 0 Å². The Balaban J connectivity index is 1.56. The van der Waals surface area contributed by atoms with E-state index >= 15 is 0 Å². The molecule has 10 heteroatoms. The number of aryl methyl sites for hydroxylation is 1. The van der Waals surface area contributed by atoms with Crippen molar-refractivity contribution >= 4 is 21.6 Å². The average molecular weight is 443 g/mol. The van der Waals surface area contributed by atoms with Crippen molar-refractivity contribution < 1.29 is 18.3 Å². The zero-order chi connectivity index (χ0) is 21.0. The van der Waals surface area contributed by atoms with Crippen LogP contribution in [0.5, 0.6) is 0 Å². The maximum absolute atomic E-state index is 12.6. The molecule has 2 aromatic rings. The SMILES string of the molecule is CC(C)c1cn(CC[C@H]2CC[C@H](NS(=O)(=O)c3ccc(Cl)cc3)[C@H](CO)O2)nn1. The largest absolute Gasteiger partial charge is 0.394 e. The van der Waals surface area contributed by atoms with Crippen LogP contribution in [0.2, 0.25) is 5.02 Å². The summed E-state index contributed by atoms with van der Waals surface area (Å²) in [7, 11) is -3.72. The lowest BCUT2D eigenvalue weighted by atomic mass is 9.98. The highest BCUT2D eigenvalue weighted by Gasteiger charge is 2.33. The van der Waals surface area contributed by atoms with Gasteiger partial charge in [0.05, 0.1) is 35.4 Å². The molecule has 0 bridgehead atoms. The Hall–Kier alpha value is -1.52. The molecule has 160 valence electrons. The van der Waals surface area contributed by atoms with Gasteiger partial charge in [-0.2, -0.15) is 0 Å². The fraction of sp³-hybridized carbons (Fsp3) is 0.579. The van der Waals surface area contributed by atoms with Gasteiger partial charge in [0.25, 0.3) is 0 Å². The first-order valence-electron chi connectivity index (χ1n) is 9.72. The molecular weight excluding hydrogens is 416 g/mol. The van der Waals surface area contributed by atoms with Gasteiger partial charge in [-0.05, 0) is 49.4 Å². The highest BCUT2D eigenvalue weighted by Crippen LogP contribution is 2.24. The van der Waals surface area contributed by atoms with Crippen molar-refractivity contribution in [2.75, 3.05) is 6.61 Å². The van der Waals surface area contributed by atoms with E-state index in [4.69, 9.17) is 16.3 Å². The third-order valence-electron chi connectivity index (χ3n) is 5.05. The number of aromatic nitrogens is 3.